The van der Waals surface area contributed by atoms with E-state index in [1.54, 1.807) is 7.11 Å². The van der Waals surface area contributed by atoms with Crippen LogP contribution in [0.1, 0.15) is 19.3 Å². The number of ether oxygens (including phenoxy) is 1. The maximum atomic E-state index is 5.17. The van der Waals surface area contributed by atoms with Crippen molar-refractivity contribution in [2.24, 2.45) is 0 Å². The lowest BCUT2D eigenvalue weighted by Gasteiger charge is -2.12. The molecule has 0 heterocycles. The lowest BCUT2D eigenvalue weighted by molar-refractivity contribution is 0.190. The molecular weight excluding hydrogens is 150 g/mol. The highest BCUT2D eigenvalue weighted by atomic mass is 16.5. The Morgan fingerprint density at radius 1 is 1.33 bits per heavy atom. The number of nitrogens with zero attached hydrogens (tertiary/aromatic N) is 1. The van der Waals surface area contributed by atoms with Gasteiger partial charge in [0.05, 0.1) is 6.54 Å². The standard InChI is InChI=1S/C10H19NO/c1-4-8-11(2)9-6-5-7-10-12-3/h1H,5-10H2,2-3H3. The third kappa shape index (κ3) is 7.59. The minimum atomic E-state index is 0.754. The van der Waals surface area contributed by atoms with Gasteiger partial charge < -0.3 is 4.74 Å². The molecule has 2 heteroatoms. The topological polar surface area (TPSA) is 12.5 Å². The zero-order chi connectivity index (χ0) is 9.23. The zero-order valence-electron chi connectivity index (χ0n) is 8.18. The molecule has 0 atom stereocenters. The molecule has 0 aliphatic heterocycles. The lowest BCUT2D eigenvalue weighted by atomic mass is 10.2. The molecule has 12 heavy (non-hydrogen) atoms. The molecule has 2 nitrogen and oxygen atoms in total. The van der Waals surface area contributed by atoms with Crippen LogP contribution in [-0.2, 0) is 4.74 Å². The van der Waals surface area contributed by atoms with Gasteiger partial charge in [0.15, 0.2) is 0 Å². The molecule has 70 valence electrons. The predicted octanol–water partition coefficient (Wildman–Crippen LogP) is 1.37. The normalized spacial score (nSPS) is 10.2. The fourth-order valence-corrected chi connectivity index (χ4v) is 1.04. The molecule has 0 unspecified atom stereocenters. The van der Waals surface area contributed by atoms with Crippen LogP contribution in [0, 0.1) is 12.3 Å². The fraction of sp³-hybridized carbons (Fsp3) is 0.800. The van der Waals surface area contributed by atoms with Gasteiger partial charge in [-0.25, -0.2) is 0 Å². The first-order chi connectivity index (χ1) is 5.81. The molecule has 0 aliphatic rings. The summed E-state index contributed by atoms with van der Waals surface area (Å²) in [5.41, 5.74) is 0. The molecule has 0 bridgehead atoms. The van der Waals surface area contributed by atoms with Crippen LogP contribution in [0.25, 0.3) is 0 Å². The summed E-state index contributed by atoms with van der Waals surface area (Å²) >= 11 is 0. The third-order valence-electron chi connectivity index (χ3n) is 1.75. The van der Waals surface area contributed by atoms with Crippen LogP contribution in [0.5, 0.6) is 0 Å². The molecule has 0 saturated heterocycles. The van der Waals surface area contributed by atoms with Crippen LogP contribution >= 0.6 is 0 Å². The van der Waals surface area contributed by atoms with Crippen LogP contribution in [0.2, 0.25) is 0 Å². The fourth-order valence-electron chi connectivity index (χ4n) is 1.04. The molecule has 0 amide bonds. The number of rotatable bonds is 7. The first kappa shape index (κ1) is 11.5. The van der Waals surface area contributed by atoms with E-state index in [4.69, 9.17) is 11.2 Å². The van der Waals surface area contributed by atoms with Crippen molar-refractivity contribution in [1.29, 1.82) is 0 Å². The molecule has 0 aromatic carbocycles. The average molecular weight is 169 g/mol. The zero-order valence-corrected chi connectivity index (χ0v) is 8.18. The molecule has 0 radical (unpaired) electrons. The van der Waals surface area contributed by atoms with Crippen molar-refractivity contribution < 1.29 is 4.74 Å². The summed E-state index contributed by atoms with van der Waals surface area (Å²) < 4.78 is 4.95. The Labute approximate surface area is 75.9 Å². The van der Waals surface area contributed by atoms with Crippen LogP contribution in [0.15, 0.2) is 0 Å². The SMILES string of the molecule is C#CCN(C)CCCCCOC. The van der Waals surface area contributed by atoms with E-state index in [-0.39, 0.29) is 0 Å². The maximum absolute atomic E-state index is 5.17. The minimum absolute atomic E-state index is 0.754. The highest BCUT2D eigenvalue weighted by Crippen LogP contribution is 1.96. The van der Waals surface area contributed by atoms with Gasteiger partial charge in [0.25, 0.3) is 0 Å². The van der Waals surface area contributed by atoms with Gasteiger partial charge in [-0.05, 0) is 32.9 Å². The molecule has 0 aliphatic carbocycles. The Morgan fingerprint density at radius 2 is 2.08 bits per heavy atom. The van der Waals surface area contributed by atoms with Crippen molar-refractivity contribution in [2.45, 2.75) is 19.3 Å². The van der Waals surface area contributed by atoms with Gasteiger partial charge >= 0.3 is 0 Å². The second kappa shape index (κ2) is 8.58. The van der Waals surface area contributed by atoms with Crippen molar-refractivity contribution in [1.82, 2.24) is 4.90 Å². The monoisotopic (exact) mass is 169 g/mol. The van der Waals surface area contributed by atoms with Crippen molar-refractivity contribution in [2.75, 3.05) is 33.9 Å². The number of hydrogen-bond acceptors (Lipinski definition) is 2. The Kier molecular flexibility index (Phi) is 8.20. The molecule has 0 rings (SSSR count). The van der Waals surface area contributed by atoms with Crippen LogP contribution < -0.4 is 0 Å². The summed E-state index contributed by atoms with van der Waals surface area (Å²) in [5, 5.41) is 0. The Balaban J connectivity index is 3.04. The summed E-state index contributed by atoms with van der Waals surface area (Å²) in [6, 6.07) is 0. The number of unbranched alkanes of at least 4 members (excludes halogenated alkanes) is 2. The lowest BCUT2D eigenvalue weighted by Crippen LogP contribution is -2.19. The number of terminal acetylenes is 1. The van der Waals surface area contributed by atoms with E-state index in [9.17, 15) is 0 Å². The van der Waals surface area contributed by atoms with Gasteiger partial charge in [-0.3, -0.25) is 4.90 Å². The van der Waals surface area contributed by atoms with Gasteiger partial charge in [0, 0.05) is 13.7 Å². The van der Waals surface area contributed by atoms with Crippen molar-refractivity contribution in [3.05, 3.63) is 0 Å². The van der Waals surface area contributed by atoms with Gasteiger partial charge in [-0.2, -0.15) is 0 Å². The molecule has 0 spiro atoms. The Bertz CT molecular complexity index is 128. The number of methoxy groups -OCH3 is 1. The quantitative estimate of drug-likeness (QED) is 0.421. The van der Waals surface area contributed by atoms with E-state index in [0.717, 1.165) is 26.1 Å². The highest BCUT2D eigenvalue weighted by molar-refractivity contribution is 4.86. The van der Waals surface area contributed by atoms with E-state index in [0.29, 0.717) is 0 Å². The second-order valence-electron chi connectivity index (χ2n) is 3.00. The summed E-state index contributed by atoms with van der Waals surface area (Å²) in [6.07, 6.45) is 8.76. The largest absolute Gasteiger partial charge is 0.385 e. The first-order valence-electron chi connectivity index (χ1n) is 4.42. The summed E-state index contributed by atoms with van der Waals surface area (Å²) in [5.74, 6) is 2.62. The van der Waals surface area contributed by atoms with E-state index in [2.05, 4.69) is 17.9 Å². The van der Waals surface area contributed by atoms with Gasteiger partial charge in [-0.1, -0.05) is 5.92 Å². The maximum Gasteiger partial charge on any atom is 0.0596 e. The Morgan fingerprint density at radius 3 is 2.67 bits per heavy atom. The van der Waals surface area contributed by atoms with E-state index < -0.39 is 0 Å². The average Bonchev–Trinajstić information content (AvgIpc) is 2.05. The van der Waals surface area contributed by atoms with E-state index in [1.807, 2.05) is 0 Å². The van der Waals surface area contributed by atoms with Crippen LogP contribution in [-0.4, -0.2) is 38.8 Å². The summed E-state index contributed by atoms with van der Waals surface area (Å²) in [6.45, 7) is 2.72. The summed E-state index contributed by atoms with van der Waals surface area (Å²) in [4.78, 5) is 2.16. The smallest absolute Gasteiger partial charge is 0.0596 e. The van der Waals surface area contributed by atoms with Crippen molar-refractivity contribution >= 4 is 0 Å². The molecule has 0 aromatic heterocycles. The van der Waals surface area contributed by atoms with Crippen molar-refractivity contribution in [3.63, 3.8) is 0 Å². The highest BCUT2D eigenvalue weighted by Gasteiger charge is 1.94. The molecule has 0 saturated carbocycles. The molecular formula is C10H19NO. The van der Waals surface area contributed by atoms with Gasteiger partial charge in [0.2, 0.25) is 0 Å². The molecule has 0 fully saturated rings. The molecule has 0 N–H and O–H groups in total. The van der Waals surface area contributed by atoms with E-state index >= 15 is 0 Å². The van der Waals surface area contributed by atoms with Gasteiger partial charge in [-0.15, -0.1) is 6.42 Å². The molecule has 0 aromatic rings. The van der Waals surface area contributed by atoms with Crippen molar-refractivity contribution in [3.8, 4) is 12.3 Å². The number of hydrogen-bond donors (Lipinski definition) is 0. The summed E-state index contributed by atoms with van der Waals surface area (Å²) in [7, 11) is 3.79. The minimum Gasteiger partial charge on any atom is -0.385 e. The third-order valence-corrected chi connectivity index (χ3v) is 1.75. The van der Waals surface area contributed by atoms with Crippen LogP contribution in [0.4, 0.5) is 0 Å². The second-order valence-corrected chi connectivity index (χ2v) is 3.00. The van der Waals surface area contributed by atoms with Crippen LogP contribution in [0.3, 0.4) is 0 Å². The predicted molar refractivity (Wildman–Crippen MR) is 52.1 cm³/mol. The first-order valence-corrected chi connectivity index (χ1v) is 4.42. The van der Waals surface area contributed by atoms with E-state index in [1.165, 1.54) is 12.8 Å². The Hall–Kier alpha value is -0.520. The van der Waals surface area contributed by atoms with Gasteiger partial charge in [0.1, 0.15) is 0 Å².